The Morgan fingerprint density at radius 3 is 2.74 bits per heavy atom. The van der Waals surface area contributed by atoms with E-state index in [-0.39, 0.29) is 24.0 Å². The zero-order chi connectivity index (χ0) is 14.0. The van der Waals surface area contributed by atoms with E-state index in [9.17, 15) is 8.42 Å². The number of hydrogen-bond acceptors (Lipinski definition) is 5. The summed E-state index contributed by atoms with van der Waals surface area (Å²) in [4.78, 5) is 5.92. The van der Waals surface area contributed by atoms with Crippen LogP contribution in [0.25, 0.3) is 0 Å². The molecule has 0 saturated carbocycles. The molecule has 1 heterocycles. The Hall–Kier alpha value is -1.80. The third-order valence-electron chi connectivity index (χ3n) is 2.63. The minimum absolute atomic E-state index is 0.124. The van der Waals surface area contributed by atoms with Gasteiger partial charge in [0.05, 0.1) is 18.8 Å². The molecule has 7 nitrogen and oxygen atoms in total. The first-order valence-electron chi connectivity index (χ1n) is 5.70. The Labute approximate surface area is 112 Å². The number of aliphatic imine (C=N–C) groups is 1. The molecule has 1 aliphatic rings. The first kappa shape index (κ1) is 13.6. The Balaban J connectivity index is 2.44. The van der Waals surface area contributed by atoms with Gasteiger partial charge in [-0.1, -0.05) is 0 Å². The second-order valence-electron chi connectivity index (χ2n) is 4.26. The number of guanidine groups is 1. The lowest BCUT2D eigenvalue weighted by Gasteiger charge is -2.23. The molecular weight excluding hydrogens is 268 g/mol. The molecule has 0 radical (unpaired) electrons. The van der Waals surface area contributed by atoms with Crippen LogP contribution in [0.2, 0.25) is 0 Å². The summed E-state index contributed by atoms with van der Waals surface area (Å²) in [7, 11) is 0.0496. The smallest absolute Gasteiger partial charge is 0.266 e. The van der Waals surface area contributed by atoms with Crippen LogP contribution in [-0.4, -0.2) is 46.7 Å². The number of hydrogen-bond donors (Lipinski definition) is 3. The highest BCUT2D eigenvalue weighted by atomic mass is 32.2. The van der Waals surface area contributed by atoms with Gasteiger partial charge in [-0.25, -0.2) is 18.1 Å². The lowest BCUT2D eigenvalue weighted by molar-refractivity contribution is 0.307. The maximum atomic E-state index is 12.1. The fraction of sp³-hybridized carbons (Fsp3) is 0.364. The monoisotopic (exact) mass is 284 g/mol. The lowest BCUT2D eigenvalue weighted by atomic mass is 10.2. The number of nitrogens with one attached hydrogen (secondary N) is 2. The van der Waals surface area contributed by atoms with E-state index in [4.69, 9.17) is 5.11 Å². The van der Waals surface area contributed by atoms with E-state index >= 15 is 0 Å². The second kappa shape index (κ2) is 5.06. The first-order chi connectivity index (χ1) is 8.94. The van der Waals surface area contributed by atoms with Gasteiger partial charge in [0, 0.05) is 19.8 Å². The second-order valence-corrected chi connectivity index (χ2v) is 5.91. The normalized spacial score (nSPS) is 18.4. The minimum Gasteiger partial charge on any atom is -0.394 e. The molecule has 0 atom stereocenters. The van der Waals surface area contributed by atoms with Gasteiger partial charge in [0.15, 0.2) is 0 Å². The van der Waals surface area contributed by atoms with E-state index in [1.807, 2.05) is 25.1 Å². The third-order valence-corrected chi connectivity index (χ3v) is 4.00. The highest BCUT2D eigenvalue weighted by molar-refractivity contribution is 7.90. The van der Waals surface area contributed by atoms with Gasteiger partial charge >= 0.3 is 0 Å². The lowest BCUT2D eigenvalue weighted by Crippen LogP contribution is -2.41. The summed E-state index contributed by atoms with van der Waals surface area (Å²) in [6.45, 7) is -0.00466. The highest BCUT2D eigenvalue weighted by Gasteiger charge is 2.26. The molecule has 0 spiro atoms. The Kier molecular flexibility index (Phi) is 3.63. The number of anilines is 2. The van der Waals surface area contributed by atoms with Crippen molar-refractivity contribution < 1.29 is 13.5 Å². The Morgan fingerprint density at radius 1 is 1.37 bits per heavy atom. The van der Waals surface area contributed by atoms with Crippen LogP contribution in [0.15, 0.2) is 28.1 Å². The maximum Gasteiger partial charge on any atom is 0.266 e. The zero-order valence-electron chi connectivity index (χ0n) is 10.7. The molecule has 1 aromatic carbocycles. The third kappa shape index (κ3) is 2.79. The summed E-state index contributed by atoms with van der Waals surface area (Å²) in [5, 5.41) is 11.6. The largest absolute Gasteiger partial charge is 0.394 e. The van der Waals surface area contributed by atoms with Gasteiger partial charge in [0.25, 0.3) is 10.0 Å². The molecule has 1 aromatic rings. The summed E-state index contributed by atoms with van der Waals surface area (Å²) >= 11 is 0. The van der Waals surface area contributed by atoms with Crippen molar-refractivity contribution in [3.63, 3.8) is 0 Å². The number of fused-ring (bicyclic) bond motifs is 1. The molecule has 19 heavy (non-hydrogen) atoms. The molecule has 2 rings (SSSR count). The predicted molar refractivity (Wildman–Crippen MR) is 74.1 cm³/mol. The van der Waals surface area contributed by atoms with Crippen molar-refractivity contribution in [2.24, 2.45) is 4.99 Å². The number of nitrogens with zero attached hydrogens (tertiary/aromatic N) is 2. The van der Waals surface area contributed by atoms with Crippen molar-refractivity contribution in [1.29, 1.82) is 0 Å². The van der Waals surface area contributed by atoms with Crippen molar-refractivity contribution in [3.8, 4) is 0 Å². The van der Waals surface area contributed by atoms with Crippen LogP contribution in [0.3, 0.4) is 0 Å². The topological polar surface area (TPSA) is 94.0 Å². The zero-order valence-corrected chi connectivity index (χ0v) is 11.5. The molecule has 0 bridgehead atoms. The molecule has 0 aliphatic carbocycles. The fourth-order valence-electron chi connectivity index (χ4n) is 1.68. The number of sulfonamides is 1. The molecule has 0 unspecified atom stereocenters. The summed E-state index contributed by atoms with van der Waals surface area (Å²) < 4.78 is 26.5. The Morgan fingerprint density at radius 2 is 2.11 bits per heavy atom. The molecule has 1 aliphatic heterocycles. The van der Waals surface area contributed by atoms with Crippen LogP contribution in [-0.2, 0) is 10.0 Å². The number of aliphatic hydroxyl groups is 1. The van der Waals surface area contributed by atoms with Crippen LogP contribution in [0.1, 0.15) is 0 Å². The predicted octanol–water partition coefficient (Wildman–Crippen LogP) is -0.195. The van der Waals surface area contributed by atoms with Crippen LogP contribution >= 0.6 is 0 Å². The number of aliphatic hydroxyl groups excluding tert-OH is 1. The van der Waals surface area contributed by atoms with Crippen molar-refractivity contribution >= 4 is 27.4 Å². The first-order valence-corrected chi connectivity index (χ1v) is 7.19. The number of rotatable bonds is 3. The van der Waals surface area contributed by atoms with Gasteiger partial charge < -0.3 is 15.3 Å². The van der Waals surface area contributed by atoms with Gasteiger partial charge in [-0.05, 0) is 18.2 Å². The van der Waals surface area contributed by atoms with Gasteiger partial charge in [0.2, 0.25) is 5.96 Å². The van der Waals surface area contributed by atoms with Crippen molar-refractivity contribution in [2.75, 3.05) is 37.5 Å². The van der Waals surface area contributed by atoms with Crippen molar-refractivity contribution in [2.45, 2.75) is 4.90 Å². The highest BCUT2D eigenvalue weighted by Crippen LogP contribution is 2.28. The molecular formula is C11H16N4O3S. The summed E-state index contributed by atoms with van der Waals surface area (Å²) in [5.74, 6) is 0.124. The van der Waals surface area contributed by atoms with E-state index in [2.05, 4.69) is 15.0 Å². The molecule has 0 amide bonds. The maximum absolute atomic E-state index is 12.1. The van der Waals surface area contributed by atoms with E-state index < -0.39 is 10.0 Å². The fourth-order valence-corrected chi connectivity index (χ4v) is 2.85. The van der Waals surface area contributed by atoms with Gasteiger partial charge in [0.1, 0.15) is 4.90 Å². The van der Waals surface area contributed by atoms with E-state index in [0.717, 1.165) is 5.69 Å². The average molecular weight is 284 g/mol. The van der Waals surface area contributed by atoms with E-state index in [1.165, 1.54) is 0 Å². The molecule has 0 aromatic heterocycles. The minimum atomic E-state index is -3.63. The molecule has 3 N–H and O–H groups in total. The average Bonchev–Trinajstić information content (AvgIpc) is 2.35. The van der Waals surface area contributed by atoms with Crippen LogP contribution in [0.4, 0.5) is 11.4 Å². The molecule has 8 heteroatoms. The Bertz CT molecular complexity index is 610. The van der Waals surface area contributed by atoms with Crippen LogP contribution in [0, 0.1) is 0 Å². The SMILES string of the molecule is CN(C)c1ccc2c(c1)S(=O)(=O)NC(=NCCO)N2. The summed E-state index contributed by atoms with van der Waals surface area (Å²) in [5.41, 5.74) is 1.27. The summed E-state index contributed by atoms with van der Waals surface area (Å²) in [6, 6.07) is 5.10. The van der Waals surface area contributed by atoms with Crippen molar-refractivity contribution in [1.82, 2.24) is 4.72 Å². The molecule has 0 fully saturated rings. The number of benzene rings is 1. The van der Waals surface area contributed by atoms with E-state index in [1.54, 1.807) is 12.1 Å². The van der Waals surface area contributed by atoms with Crippen LogP contribution < -0.4 is 14.9 Å². The van der Waals surface area contributed by atoms with E-state index in [0.29, 0.717) is 5.69 Å². The van der Waals surface area contributed by atoms with Gasteiger partial charge in [-0.3, -0.25) is 0 Å². The van der Waals surface area contributed by atoms with Crippen LogP contribution in [0.5, 0.6) is 0 Å². The molecule has 0 saturated heterocycles. The quantitative estimate of drug-likeness (QED) is 0.715. The van der Waals surface area contributed by atoms with Crippen molar-refractivity contribution in [3.05, 3.63) is 18.2 Å². The van der Waals surface area contributed by atoms with Gasteiger partial charge in [-0.15, -0.1) is 0 Å². The standard InChI is InChI=1S/C11H16N4O3S/c1-15(2)8-3-4-9-10(7-8)19(17,18)14-11(13-9)12-5-6-16/h3-4,7,16H,5-6H2,1-2H3,(H2,12,13,14). The molecule has 104 valence electrons. The van der Waals surface area contributed by atoms with Gasteiger partial charge in [-0.2, -0.15) is 0 Å². The summed E-state index contributed by atoms with van der Waals surface area (Å²) in [6.07, 6.45) is 0.